The number of piperidine rings is 1. The number of hydrogen-bond acceptors (Lipinski definition) is 5. The van der Waals surface area contributed by atoms with Crippen LogP contribution < -0.4 is 5.73 Å². The number of aliphatic hydroxyl groups excluding tert-OH is 1. The summed E-state index contributed by atoms with van der Waals surface area (Å²) < 4.78 is 0. The number of likely N-dealkylation sites (tertiary alicyclic amines) is 1. The second-order valence-corrected chi connectivity index (χ2v) is 13.6. The zero-order valence-electron chi connectivity index (χ0n) is 28.4. The van der Waals surface area contributed by atoms with Gasteiger partial charge in [0.05, 0.1) is 6.10 Å². The lowest BCUT2D eigenvalue weighted by Crippen LogP contribution is -2.57. The summed E-state index contributed by atoms with van der Waals surface area (Å²) in [6.07, 6.45) is 3.28. The molecule has 1 unspecified atom stereocenters. The lowest BCUT2D eigenvalue weighted by molar-refractivity contribution is -0.150. The monoisotopic (exact) mass is 638 g/mol. The van der Waals surface area contributed by atoms with Crippen molar-refractivity contribution in [1.82, 2.24) is 14.7 Å². The average molecular weight is 639 g/mol. The van der Waals surface area contributed by atoms with Crippen LogP contribution in [0.15, 0.2) is 96.6 Å². The minimum Gasteiger partial charge on any atom is -0.393 e. The van der Waals surface area contributed by atoms with Crippen molar-refractivity contribution in [2.45, 2.75) is 76.6 Å². The van der Waals surface area contributed by atoms with Crippen LogP contribution >= 0.6 is 0 Å². The van der Waals surface area contributed by atoms with Gasteiger partial charge in [-0.1, -0.05) is 90.5 Å². The number of aliphatic hydroxyl groups is 1. The van der Waals surface area contributed by atoms with Crippen LogP contribution in [0.25, 0.3) is 11.1 Å². The van der Waals surface area contributed by atoms with E-state index >= 15 is 0 Å². The molecule has 0 saturated carbocycles. The van der Waals surface area contributed by atoms with Crippen LogP contribution in [0.2, 0.25) is 0 Å². The third-order valence-corrected chi connectivity index (χ3v) is 8.84. The summed E-state index contributed by atoms with van der Waals surface area (Å²) in [6, 6.07) is 26.1. The summed E-state index contributed by atoms with van der Waals surface area (Å²) >= 11 is 0. The highest BCUT2D eigenvalue weighted by Gasteiger charge is 2.37. The predicted molar refractivity (Wildman–Crippen MR) is 187 cm³/mol. The fraction of sp³-hybridized carbons (Fsp3) is 0.410. The van der Waals surface area contributed by atoms with Gasteiger partial charge in [-0.3, -0.25) is 14.4 Å². The Morgan fingerprint density at radius 2 is 1.34 bits per heavy atom. The Morgan fingerprint density at radius 3 is 1.91 bits per heavy atom. The maximum atomic E-state index is 14.5. The van der Waals surface area contributed by atoms with Gasteiger partial charge in [-0.05, 0) is 62.3 Å². The molecule has 0 spiro atoms. The first kappa shape index (κ1) is 35.6. The third kappa shape index (κ3) is 10.1. The van der Waals surface area contributed by atoms with Gasteiger partial charge in [0, 0.05) is 51.6 Å². The molecule has 4 rings (SSSR count). The number of hydrogen-bond donors (Lipinski definition) is 2. The van der Waals surface area contributed by atoms with Gasteiger partial charge in [-0.25, -0.2) is 0 Å². The lowest BCUT2D eigenvalue weighted by Gasteiger charge is -2.38. The van der Waals surface area contributed by atoms with Crippen LogP contribution in [0, 0.1) is 0 Å². The second-order valence-electron chi connectivity index (χ2n) is 13.6. The predicted octanol–water partition coefficient (Wildman–Crippen LogP) is 4.85. The molecule has 1 heterocycles. The first-order valence-electron chi connectivity index (χ1n) is 16.5. The molecule has 2 atom stereocenters. The number of carbonyl (C=O) groups excluding carboxylic acids is 3. The summed E-state index contributed by atoms with van der Waals surface area (Å²) in [5, 5.41) is 10.1. The molecule has 8 nitrogen and oxygen atoms in total. The van der Waals surface area contributed by atoms with Crippen molar-refractivity contribution in [3.05, 3.63) is 108 Å². The van der Waals surface area contributed by atoms with Crippen molar-refractivity contribution >= 4 is 17.7 Å². The SMILES string of the molecule is C/C(=C\C(=O)N(C)[C@H](Cc1ccc(-c2ccccc2)cc1)C(=O)N(C)C(Cc1ccccc1)C(=O)N1CCC(O)CC1)CC(C)(C)N. The molecule has 47 heavy (non-hydrogen) atoms. The van der Waals surface area contributed by atoms with Crippen molar-refractivity contribution in [3.63, 3.8) is 0 Å². The minimum absolute atomic E-state index is 0.155. The van der Waals surface area contributed by atoms with Gasteiger partial charge in [-0.2, -0.15) is 0 Å². The summed E-state index contributed by atoms with van der Waals surface area (Å²) in [4.78, 5) is 47.0. The van der Waals surface area contributed by atoms with Gasteiger partial charge in [0.15, 0.2) is 0 Å². The van der Waals surface area contributed by atoms with E-state index in [0.29, 0.717) is 38.8 Å². The average Bonchev–Trinajstić information content (AvgIpc) is 3.05. The molecule has 0 aliphatic carbocycles. The van der Waals surface area contributed by atoms with Crippen molar-refractivity contribution < 1.29 is 19.5 Å². The molecule has 8 heteroatoms. The van der Waals surface area contributed by atoms with Crippen LogP contribution in [-0.4, -0.2) is 88.4 Å². The van der Waals surface area contributed by atoms with Gasteiger partial charge in [0.1, 0.15) is 12.1 Å². The topological polar surface area (TPSA) is 107 Å². The van der Waals surface area contributed by atoms with Gasteiger partial charge < -0.3 is 25.5 Å². The zero-order chi connectivity index (χ0) is 34.1. The van der Waals surface area contributed by atoms with E-state index in [1.54, 1.807) is 25.1 Å². The summed E-state index contributed by atoms with van der Waals surface area (Å²) in [6.45, 7) is 6.56. The standard InChI is InChI=1S/C39H50N4O4/c1-28(27-39(2,3)40)24-36(45)41(4)34(26-30-16-18-32(19-17-30)31-14-10-7-11-15-31)37(46)42(5)35(25-29-12-8-6-9-13-29)38(47)43-22-20-33(44)21-23-43/h6-19,24,33-35,44H,20-23,25-27,40H2,1-5H3/b28-24+/t34-,35?/m1/s1. The van der Waals surface area contributed by atoms with Crippen LogP contribution in [0.3, 0.4) is 0 Å². The Bertz CT molecular complexity index is 1510. The fourth-order valence-electron chi connectivity index (χ4n) is 6.23. The molecule has 1 aliphatic heterocycles. The summed E-state index contributed by atoms with van der Waals surface area (Å²) in [5.74, 6) is -0.766. The number of nitrogens with two attached hydrogens (primary N) is 1. The van der Waals surface area contributed by atoms with Gasteiger partial charge in [0.2, 0.25) is 17.7 Å². The highest BCUT2D eigenvalue weighted by atomic mass is 16.3. The zero-order valence-corrected chi connectivity index (χ0v) is 28.4. The second kappa shape index (κ2) is 16.0. The molecule has 1 saturated heterocycles. The van der Waals surface area contributed by atoms with E-state index in [0.717, 1.165) is 27.8 Å². The Labute approximate surface area is 279 Å². The molecule has 0 bridgehead atoms. The van der Waals surface area contributed by atoms with E-state index in [1.165, 1.54) is 9.80 Å². The molecule has 0 radical (unpaired) electrons. The number of carbonyl (C=O) groups is 3. The largest absolute Gasteiger partial charge is 0.393 e. The molecule has 3 amide bonds. The lowest BCUT2D eigenvalue weighted by atomic mass is 9.96. The molecule has 1 aliphatic rings. The minimum atomic E-state index is -0.862. The number of nitrogens with zero attached hydrogens (tertiary/aromatic N) is 3. The van der Waals surface area contributed by atoms with E-state index in [-0.39, 0.29) is 24.1 Å². The van der Waals surface area contributed by atoms with E-state index in [1.807, 2.05) is 106 Å². The smallest absolute Gasteiger partial charge is 0.246 e. The van der Waals surface area contributed by atoms with Crippen molar-refractivity contribution in [3.8, 4) is 11.1 Å². The number of benzene rings is 3. The Kier molecular flexibility index (Phi) is 12.1. The number of rotatable bonds is 12. The number of likely N-dealkylation sites (N-methyl/N-ethyl adjacent to an activating group) is 2. The normalized spacial score (nSPS) is 15.6. The maximum absolute atomic E-state index is 14.5. The van der Waals surface area contributed by atoms with E-state index < -0.39 is 23.7 Å². The van der Waals surface area contributed by atoms with Crippen LogP contribution in [0.4, 0.5) is 0 Å². The Morgan fingerprint density at radius 1 is 0.830 bits per heavy atom. The molecule has 0 aromatic heterocycles. The quantitative estimate of drug-likeness (QED) is 0.276. The highest BCUT2D eigenvalue weighted by Crippen LogP contribution is 2.23. The van der Waals surface area contributed by atoms with Crippen molar-refractivity contribution in [2.24, 2.45) is 5.73 Å². The molecule has 1 fully saturated rings. The first-order valence-corrected chi connectivity index (χ1v) is 16.5. The molecule has 3 aromatic carbocycles. The molecule has 250 valence electrons. The van der Waals surface area contributed by atoms with Gasteiger partial charge >= 0.3 is 0 Å². The van der Waals surface area contributed by atoms with Crippen molar-refractivity contribution in [2.75, 3.05) is 27.2 Å². The summed E-state index contributed by atoms with van der Waals surface area (Å²) in [5.41, 5.74) is 10.5. The first-order chi connectivity index (χ1) is 22.3. The molecule has 3 aromatic rings. The summed E-state index contributed by atoms with van der Waals surface area (Å²) in [7, 11) is 3.31. The maximum Gasteiger partial charge on any atom is 0.246 e. The van der Waals surface area contributed by atoms with E-state index in [4.69, 9.17) is 5.73 Å². The molecular weight excluding hydrogens is 588 g/mol. The Balaban J connectivity index is 1.65. The Hall–Kier alpha value is -4.27. The number of amides is 3. The van der Waals surface area contributed by atoms with E-state index in [2.05, 4.69) is 0 Å². The molecule has 3 N–H and O–H groups in total. The third-order valence-electron chi connectivity index (χ3n) is 8.84. The highest BCUT2D eigenvalue weighted by molar-refractivity contribution is 5.95. The van der Waals surface area contributed by atoms with Gasteiger partial charge in [-0.15, -0.1) is 0 Å². The molecular formula is C39H50N4O4. The fourth-order valence-corrected chi connectivity index (χ4v) is 6.23. The van der Waals surface area contributed by atoms with Gasteiger partial charge in [0.25, 0.3) is 0 Å². The van der Waals surface area contributed by atoms with Crippen LogP contribution in [0.5, 0.6) is 0 Å². The van der Waals surface area contributed by atoms with Crippen LogP contribution in [-0.2, 0) is 27.2 Å². The van der Waals surface area contributed by atoms with Crippen molar-refractivity contribution in [1.29, 1.82) is 0 Å². The van der Waals surface area contributed by atoms with E-state index in [9.17, 15) is 19.5 Å². The van der Waals surface area contributed by atoms with Crippen LogP contribution in [0.1, 0.15) is 51.2 Å².